The normalized spacial score (nSPS) is 20.2. The van der Waals surface area contributed by atoms with Gasteiger partial charge in [0.05, 0.1) is 12.2 Å². The quantitative estimate of drug-likeness (QED) is 0.865. The van der Waals surface area contributed by atoms with E-state index in [1.807, 2.05) is 17.8 Å². The molecule has 0 amide bonds. The fraction of sp³-hybridized carbons (Fsp3) is 0.636. The highest BCUT2D eigenvalue weighted by Crippen LogP contribution is 2.18. The molecule has 0 bridgehead atoms. The van der Waals surface area contributed by atoms with Gasteiger partial charge in [0.2, 0.25) is 11.7 Å². The summed E-state index contributed by atoms with van der Waals surface area (Å²) < 4.78 is 6.96. The van der Waals surface area contributed by atoms with E-state index in [0.29, 0.717) is 23.5 Å². The summed E-state index contributed by atoms with van der Waals surface area (Å²) in [4.78, 5) is 4.25. The van der Waals surface area contributed by atoms with Crippen molar-refractivity contribution in [3.05, 3.63) is 12.1 Å². The van der Waals surface area contributed by atoms with E-state index in [0.717, 1.165) is 25.9 Å². The molecule has 3 rings (SSSR count). The van der Waals surface area contributed by atoms with E-state index in [1.54, 1.807) is 0 Å². The Kier molecular flexibility index (Phi) is 3.06. The van der Waals surface area contributed by atoms with Crippen LogP contribution in [-0.4, -0.2) is 38.2 Å². The lowest BCUT2D eigenvalue weighted by Gasteiger charge is -2.22. The number of hydrogen-bond acceptors (Lipinski definition) is 6. The average molecular weight is 248 g/mol. The summed E-state index contributed by atoms with van der Waals surface area (Å²) >= 11 is 0. The minimum absolute atomic E-state index is 0.373. The predicted molar refractivity (Wildman–Crippen MR) is 63.8 cm³/mol. The fourth-order valence-electron chi connectivity index (χ4n) is 2.12. The van der Waals surface area contributed by atoms with Crippen LogP contribution >= 0.6 is 0 Å². The van der Waals surface area contributed by atoms with Gasteiger partial charge in [-0.1, -0.05) is 17.3 Å². The number of rotatable bonds is 3. The van der Waals surface area contributed by atoms with Crippen LogP contribution in [-0.2, 0) is 6.42 Å². The molecule has 1 aliphatic rings. The average Bonchev–Trinajstić information content (AvgIpc) is 3.08. The van der Waals surface area contributed by atoms with E-state index < -0.39 is 0 Å². The third-order valence-electron chi connectivity index (χ3n) is 3.15. The molecule has 0 radical (unpaired) electrons. The molecule has 0 saturated carbocycles. The van der Waals surface area contributed by atoms with Crippen molar-refractivity contribution in [2.75, 3.05) is 13.1 Å². The van der Waals surface area contributed by atoms with Crippen LogP contribution in [0.5, 0.6) is 0 Å². The summed E-state index contributed by atoms with van der Waals surface area (Å²) in [7, 11) is 0. The van der Waals surface area contributed by atoms with E-state index >= 15 is 0 Å². The second-order valence-electron chi connectivity index (χ2n) is 4.45. The van der Waals surface area contributed by atoms with Gasteiger partial charge in [-0.3, -0.25) is 0 Å². The number of nitrogens with zero attached hydrogens (tertiary/aromatic N) is 5. The maximum atomic E-state index is 5.07. The van der Waals surface area contributed by atoms with Crippen molar-refractivity contribution in [3.8, 4) is 11.5 Å². The van der Waals surface area contributed by atoms with Crippen molar-refractivity contribution >= 4 is 0 Å². The van der Waals surface area contributed by atoms with Gasteiger partial charge in [-0.2, -0.15) is 4.98 Å². The largest absolute Gasteiger partial charge is 0.339 e. The van der Waals surface area contributed by atoms with Crippen LogP contribution in [0.15, 0.2) is 10.7 Å². The SMILES string of the molecule is CCc1nc(-c2cn([C@@H]3CCCNC3)nn2)no1. The lowest BCUT2D eigenvalue weighted by Crippen LogP contribution is -2.31. The van der Waals surface area contributed by atoms with Crippen molar-refractivity contribution in [2.24, 2.45) is 0 Å². The summed E-state index contributed by atoms with van der Waals surface area (Å²) in [5, 5.41) is 15.5. The zero-order valence-electron chi connectivity index (χ0n) is 10.3. The predicted octanol–water partition coefficient (Wildman–Crippen LogP) is 0.815. The van der Waals surface area contributed by atoms with Crippen molar-refractivity contribution in [3.63, 3.8) is 0 Å². The first-order valence-corrected chi connectivity index (χ1v) is 6.32. The Morgan fingerprint density at radius 2 is 2.50 bits per heavy atom. The van der Waals surface area contributed by atoms with Gasteiger partial charge < -0.3 is 9.84 Å². The Hall–Kier alpha value is -1.76. The first kappa shape index (κ1) is 11.3. The van der Waals surface area contributed by atoms with Gasteiger partial charge in [0.1, 0.15) is 0 Å². The molecule has 1 N–H and O–H groups in total. The van der Waals surface area contributed by atoms with E-state index in [4.69, 9.17) is 4.52 Å². The molecule has 18 heavy (non-hydrogen) atoms. The lowest BCUT2D eigenvalue weighted by molar-refractivity contribution is 0.341. The summed E-state index contributed by atoms with van der Waals surface area (Å²) in [6.07, 6.45) is 4.92. The van der Waals surface area contributed by atoms with Crippen LogP contribution in [0.1, 0.15) is 31.7 Å². The van der Waals surface area contributed by atoms with Gasteiger partial charge in [-0.25, -0.2) is 4.68 Å². The van der Waals surface area contributed by atoms with Gasteiger partial charge in [-0.05, 0) is 19.4 Å². The summed E-state index contributed by atoms with van der Waals surface area (Å²) in [5.41, 5.74) is 0.670. The molecule has 0 spiro atoms. The second-order valence-corrected chi connectivity index (χ2v) is 4.45. The van der Waals surface area contributed by atoms with Crippen LogP contribution < -0.4 is 5.32 Å². The maximum Gasteiger partial charge on any atom is 0.226 e. The molecule has 2 aromatic rings. The minimum Gasteiger partial charge on any atom is -0.339 e. The maximum absolute atomic E-state index is 5.07. The lowest BCUT2D eigenvalue weighted by atomic mass is 10.1. The summed E-state index contributed by atoms with van der Waals surface area (Å²) in [5.74, 6) is 1.14. The highest BCUT2D eigenvalue weighted by atomic mass is 16.5. The van der Waals surface area contributed by atoms with Gasteiger partial charge in [0, 0.05) is 13.0 Å². The topological polar surface area (TPSA) is 81.7 Å². The molecule has 3 heterocycles. The molecule has 1 saturated heterocycles. The van der Waals surface area contributed by atoms with Crippen molar-refractivity contribution < 1.29 is 4.52 Å². The first-order valence-electron chi connectivity index (χ1n) is 6.32. The van der Waals surface area contributed by atoms with Crippen LogP contribution in [0.3, 0.4) is 0 Å². The first-order chi connectivity index (χ1) is 8.86. The summed E-state index contributed by atoms with van der Waals surface area (Å²) in [6.45, 7) is 4.00. The standard InChI is InChI=1S/C11H16N6O/c1-2-10-13-11(15-18-10)9-7-17(16-14-9)8-4-3-5-12-6-8/h7-8,12H,2-6H2,1H3/t8-/m1/s1. The second kappa shape index (κ2) is 4.85. The van der Waals surface area contributed by atoms with Crippen LogP contribution in [0.25, 0.3) is 11.5 Å². The fourth-order valence-corrected chi connectivity index (χ4v) is 2.12. The highest BCUT2D eigenvalue weighted by molar-refractivity contribution is 5.45. The van der Waals surface area contributed by atoms with Crippen LogP contribution in [0.4, 0.5) is 0 Å². The van der Waals surface area contributed by atoms with Gasteiger partial charge in [-0.15, -0.1) is 5.10 Å². The summed E-state index contributed by atoms with van der Waals surface area (Å²) in [6, 6.07) is 0.373. The van der Waals surface area contributed by atoms with Crippen LogP contribution in [0, 0.1) is 0 Å². The number of aromatic nitrogens is 5. The third-order valence-corrected chi connectivity index (χ3v) is 3.15. The Labute approximate surface area is 105 Å². The van der Waals surface area contributed by atoms with E-state index in [1.165, 1.54) is 6.42 Å². The van der Waals surface area contributed by atoms with Crippen molar-refractivity contribution in [1.29, 1.82) is 0 Å². The molecule has 1 fully saturated rings. The zero-order chi connectivity index (χ0) is 12.4. The van der Waals surface area contributed by atoms with Gasteiger partial charge in [0.15, 0.2) is 5.69 Å². The smallest absolute Gasteiger partial charge is 0.226 e. The Balaban J connectivity index is 1.79. The third kappa shape index (κ3) is 2.13. The van der Waals surface area contributed by atoms with Crippen LogP contribution in [0.2, 0.25) is 0 Å². The van der Waals surface area contributed by atoms with E-state index in [9.17, 15) is 0 Å². The number of hydrogen-bond donors (Lipinski definition) is 1. The molecule has 7 heteroatoms. The Morgan fingerprint density at radius 1 is 1.56 bits per heavy atom. The molecule has 2 aromatic heterocycles. The molecule has 0 aromatic carbocycles. The van der Waals surface area contributed by atoms with Gasteiger partial charge in [0.25, 0.3) is 0 Å². The number of nitrogens with one attached hydrogen (secondary N) is 1. The Bertz CT molecular complexity index is 513. The number of aryl methyl sites for hydroxylation is 1. The number of piperidine rings is 1. The zero-order valence-corrected chi connectivity index (χ0v) is 10.3. The van der Waals surface area contributed by atoms with Gasteiger partial charge >= 0.3 is 0 Å². The van der Waals surface area contributed by atoms with Crippen molar-refractivity contribution in [1.82, 2.24) is 30.5 Å². The van der Waals surface area contributed by atoms with E-state index in [-0.39, 0.29) is 0 Å². The molecule has 1 atom stereocenters. The minimum atomic E-state index is 0.373. The Morgan fingerprint density at radius 3 is 3.22 bits per heavy atom. The molecule has 7 nitrogen and oxygen atoms in total. The van der Waals surface area contributed by atoms with Crippen molar-refractivity contribution in [2.45, 2.75) is 32.2 Å². The van der Waals surface area contributed by atoms with E-state index in [2.05, 4.69) is 25.8 Å². The molecule has 0 unspecified atom stereocenters. The molecule has 1 aliphatic heterocycles. The monoisotopic (exact) mass is 248 g/mol. The molecule has 0 aliphatic carbocycles. The molecular formula is C11H16N6O. The molecular weight excluding hydrogens is 232 g/mol. The molecule has 96 valence electrons. The highest BCUT2D eigenvalue weighted by Gasteiger charge is 2.18.